The van der Waals surface area contributed by atoms with E-state index in [-0.39, 0.29) is 24.7 Å². The van der Waals surface area contributed by atoms with E-state index in [1.165, 1.54) is 11.2 Å². The number of nitrogens with zero attached hydrogens (tertiary/aromatic N) is 2. The van der Waals surface area contributed by atoms with Crippen molar-refractivity contribution in [2.24, 2.45) is 0 Å². The molecule has 5 nitrogen and oxygen atoms in total. The number of rotatable bonds is 5. The van der Waals surface area contributed by atoms with Crippen LogP contribution in [0, 0.1) is 11.3 Å². The highest BCUT2D eigenvalue weighted by Gasteiger charge is 2.36. The summed E-state index contributed by atoms with van der Waals surface area (Å²) in [6.45, 7) is 3.61. The minimum atomic E-state index is -3.62. The predicted octanol–water partition coefficient (Wildman–Crippen LogP) is 1.84. The summed E-state index contributed by atoms with van der Waals surface area (Å²) >= 11 is 0. The maximum Gasteiger partial charge on any atom is 0.230 e. The molecule has 0 N–H and O–H groups in total. The number of hydrogen-bond acceptors (Lipinski definition) is 4. The van der Waals surface area contributed by atoms with Gasteiger partial charge in [-0.15, -0.1) is 0 Å². The lowest BCUT2D eigenvalue weighted by atomic mass is 10.1. The van der Waals surface area contributed by atoms with Crippen LogP contribution in [0.1, 0.15) is 52.4 Å². The van der Waals surface area contributed by atoms with Crippen molar-refractivity contribution in [2.75, 3.05) is 6.54 Å². The number of carbonyl (C=O) groups excluding carboxylic acids is 1. The van der Waals surface area contributed by atoms with Crippen LogP contribution in [0.3, 0.4) is 0 Å². The monoisotopic (exact) mass is 286 g/mol. The Morgan fingerprint density at radius 2 is 2.11 bits per heavy atom. The SMILES string of the molecule is CCC(C#N)S(=O)(=O)N1CCCCCC1CC(C)=O. The molecule has 2 atom stereocenters. The summed E-state index contributed by atoms with van der Waals surface area (Å²) in [5, 5.41) is 8.01. The summed E-state index contributed by atoms with van der Waals surface area (Å²) in [7, 11) is -3.62. The third-order valence-corrected chi connectivity index (χ3v) is 5.84. The van der Waals surface area contributed by atoms with Gasteiger partial charge >= 0.3 is 0 Å². The molecular weight excluding hydrogens is 264 g/mol. The molecule has 1 saturated heterocycles. The fourth-order valence-electron chi connectivity index (χ4n) is 2.55. The Kier molecular flexibility index (Phi) is 5.95. The van der Waals surface area contributed by atoms with Crippen LogP contribution in [-0.4, -0.2) is 36.3 Å². The van der Waals surface area contributed by atoms with E-state index in [4.69, 9.17) is 5.26 Å². The van der Waals surface area contributed by atoms with E-state index >= 15 is 0 Å². The number of hydrogen-bond donors (Lipinski definition) is 0. The average Bonchev–Trinajstić information content (AvgIpc) is 2.55. The van der Waals surface area contributed by atoms with E-state index in [9.17, 15) is 13.2 Å². The molecule has 0 aliphatic carbocycles. The first-order chi connectivity index (χ1) is 8.93. The van der Waals surface area contributed by atoms with Crippen LogP contribution in [0.4, 0.5) is 0 Å². The van der Waals surface area contributed by atoms with Gasteiger partial charge in [-0.05, 0) is 26.2 Å². The highest BCUT2D eigenvalue weighted by atomic mass is 32.2. The Bertz CT molecular complexity index is 453. The smallest absolute Gasteiger partial charge is 0.230 e. The number of ketones is 1. The zero-order valence-corrected chi connectivity index (χ0v) is 12.4. The maximum atomic E-state index is 12.5. The predicted molar refractivity (Wildman–Crippen MR) is 72.9 cm³/mol. The zero-order chi connectivity index (χ0) is 14.5. The van der Waals surface area contributed by atoms with E-state index in [2.05, 4.69) is 0 Å². The fraction of sp³-hybridized carbons (Fsp3) is 0.846. The minimum absolute atomic E-state index is 0.00268. The topological polar surface area (TPSA) is 78.2 Å². The molecule has 0 amide bonds. The molecule has 0 radical (unpaired) electrons. The van der Waals surface area contributed by atoms with Crippen molar-refractivity contribution in [1.82, 2.24) is 4.31 Å². The number of nitriles is 1. The molecule has 19 heavy (non-hydrogen) atoms. The molecule has 1 fully saturated rings. The van der Waals surface area contributed by atoms with E-state index in [1.807, 2.05) is 6.07 Å². The van der Waals surface area contributed by atoms with Gasteiger partial charge in [0.2, 0.25) is 10.0 Å². The Labute approximate surface area is 115 Å². The van der Waals surface area contributed by atoms with Gasteiger partial charge in [-0.3, -0.25) is 4.79 Å². The van der Waals surface area contributed by atoms with Crippen LogP contribution in [0.15, 0.2) is 0 Å². The molecule has 0 bridgehead atoms. The van der Waals surface area contributed by atoms with Crippen LogP contribution in [0.2, 0.25) is 0 Å². The van der Waals surface area contributed by atoms with Gasteiger partial charge in [0.15, 0.2) is 5.25 Å². The van der Waals surface area contributed by atoms with Crippen molar-refractivity contribution < 1.29 is 13.2 Å². The summed E-state index contributed by atoms with van der Waals surface area (Å²) in [5.74, 6) is -0.00268. The molecule has 0 spiro atoms. The third-order valence-electron chi connectivity index (χ3n) is 3.55. The molecule has 0 aromatic heterocycles. The molecule has 108 valence electrons. The molecule has 0 aromatic carbocycles. The number of sulfonamides is 1. The second-order valence-electron chi connectivity index (χ2n) is 5.09. The summed E-state index contributed by atoms with van der Waals surface area (Å²) in [5.41, 5.74) is 0. The van der Waals surface area contributed by atoms with Crippen LogP contribution in [0.25, 0.3) is 0 Å². The zero-order valence-electron chi connectivity index (χ0n) is 11.6. The average molecular weight is 286 g/mol. The van der Waals surface area contributed by atoms with Crippen LogP contribution in [0.5, 0.6) is 0 Å². The summed E-state index contributed by atoms with van der Waals surface area (Å²) in [6, 6.07) is 1.60. The lowest BCUT2D eigenvalue weighted by molar-refractivity contribution is -0.117. The Morgan fingerprint density at radius 1 is 1.42 bits per heavy atom. The normalized spacial score (nSPS) is 23.3. The van der Waals surface area contributed by atoms with Crippen molar-refractivity contribution in [3.8, 4) is 6.07 Å². The van der Waals surface area contributed by atoms with Gasteiger partial charge in [0.1, 0.15) is 5.78 Å². The molecule has 1 aliphatic rings. The second-order valence-corrected chi connectivity index (χ2v) is 7.16. The van der Waals surface area contributed by atoms with Gasteiger partial charge in [0.05, 0.1) is 6.07 Å². The van der Waals surface area contributed by atoms with E-state index < -0.39 is 15.3 Å². The fourth-order valence-corrected chi connectivity index (χ4v) is 4.41. The molecule has 0 aromatic rings. The first kappa shape index (κ1) is 16.1. The molecule has 6 heteroatoms. The maximum absolute atomic E-state index is 12.5. The van der Waals surface area contributed by atoms with Crippen LogP contribution in [-0.2, 0) is 14.8 Å². The molecule has 1 heterocycles. The van der Waals surface area contributed by atoms with E-state index in [0.29, 0.717) is 13.0 Å². The molecular formula is C13H22N2O3S. The highest BCUT2D eigenvalue weighted by molar-refractivity contribution is 7.90. The molecule has 2 unspecified atom stereocenters. The van der Waals surface area contributed by atoms with Crippen LogP contribution < -0.4 is 0 Å². The van der Waals surface area contributed by atoms with Crippen LogP contribution >= 0.6 is 0 Å². The van der Waals surface area contributed by atoms with Crippen molar-refractivity contribution in [1.29, 1.82) is 5.26 Å². The summed E-state index contributed by atoms with van der Waals surface area (Å²) < 4.78 is 26.4. The Morgan fingerprint density at radius 3 is 2.63 bits per heavy atom. The number of Topliss-reactive ketones (excluding diaryl/α,β-unsaturated/α-hetero) is 1. The lowest BCUT2D eigenvalue weighted by Crippen LogP contribution is -2.45. The molecule has 1 aliphatic heterocycles. The Hall–Kier alpha value is -0.930. The van der Waals surface area contributed by atoms with Gasteiger partial charge in [-0.2, -0.15) is 9.57 Å². The van der Waals surface area contributed by atoms with Gasteiger partial charge in [-0.1, -0.05) is 19.8 Å². The highest BCUT2D eigenvalue weighted by Crippen LogP contribution is 2.25. The summed E-state index contributed by atoms with van der Waals surface area (Å²) in [6.07, 6.45) is 3.95. The van der Waals surface area contributed by atoms with E-state index in [0.717, 1.165) is 19.3 Å². The van der Waals surface area contributed by atoms with Crippen molar-refractivity contribution in [2.45, 2.75) is 63.7 Å². The van der Waals surface area contributed by atoms with Gasteiger partial charge in [0.25, 0.3) is 0 Å². The van der Waals surface area contributed by atoms with Crippen molar-refractivity contribution in [3.05, 3.63) is 0 Å². The number of carbonyl (C=O) groups is 1. The van der Waals surface area contributed by atoms with Crippen molar-refractivity contribution in [3.63, 3.8) is 0 Å². The molecule has 0 saturated carbocycles. The van der Waals surface area contributed by atoms with Gasteiger partial charge < -0.3 is 0 Å². The van der Waals surface area contributed by atoms with Gasteiger partial charge in [-0.25, -0.2) is 8.42 Å². The van der Waals surface area contributed by atoms with Gasteiger partial charge in [0, 0.05) is 19.0 Å². The van der Waals surface area contributed by atoms with Crippen molar-refractivity contribution >= 4 is 15.8 Å². The van der Waals surface area contributed by atoms with E-state index in [1.54, 1.807) is 6.92 Å². The third kappa shape index (κ3) is 4.02. The molecule has 1 rings (SSSR count). The largest absolute Gasteiger partial charge is 0.300 e. The lowest BCUT2D eigenvalue weighted by Gasteiger charge is -2.30. The quantitative estimate of drug-likeness (QED) is 0.772. The minimum Gasteiger partial charge on any atom is -0.300 e. The first-order valence-electron chi connectivity index (χ1n) is 6.83. The second kappa shape index (κ2) is 7.01. The Balaban J connectivity index is 3.03. The summed E-state index contributed by atoms with van der Waals surface area (Å²) in [4.78, 5) is 11.3. The first-order valence-corrected chi connectivity index (χ1v) is 8.33. The standard InChI is InChI=1S/C13H22N2O3S/c1-3-13(10-14)19(17,18)15-8-6-4-5-7-12(15)9-11(2)16/h12-13H,3-9H2,1-2H3.